The SMILES string of the molecule is CC(NC(=O)c1cc2cc(Cl)cc(Cl)c2oc1=O)c1ccccc1. The van der Waals surface area contributed by atoms with Crippen molar-refractivity contribution in [3.05, 3.63) is 80.1 Å². The molecular formula is C18H13Cl2NO3. The second-order valence-corrected chi connectivity index (χ2v) is 6.20. The molecule has 0 aliphatic carbocycles. The molecule has 0 aliphatic heterocycles. The Kier molecular flexibility index (Phi) is 4.60. The van der Waals surface area contributed by atoms with Crippen molar-refractivity contribution in [2.45, 2.75) is 13.0 Å². The molecule has 1 heterocycles. The minimum atomic E-state index is -0.746. The van der Waals surface area contributed by atoms with E-state index < -0.39 is 11.5 Å². The van der Waals surface area contributed by atoms with Crippen molar-refractivity contribution in [2.75, 3.05) is 0 Å². The van der Waals surface area contributed by atoms with Crippen molar-refractivity contribution >= 4 is 40.1 Å². The van der Waals surface area contributed by atoms with Gasteiger partial charge in [0.1, 0.15) is 5.56 Å². The minimum absolute atomic E-state index is 0.0939. The zero-order valence-corrected chi connectivity index (χ0v) is 14.2. The van der Waals surface area contributed by atoms with Crippen molar-refractivity contribution in [3.63, 3.8) is 0 Å². The number of hydrogen-bond donors (Lipinski definition) is 1. The van der Waals surface area contributed by atoms with Gasteiger partial charge in [-0.3, -0.25) is 4.79 Å². The van der Waals surface area contributed by atoms with E-state index in [1.165, 1.54) is 12.1 Å². The number of nitrogens with one attached hydrogen (secondary N) is 1. The van der Waals surface area contributed by atoms with E-state index in [1.54, 1.807) is 6.07 Å². The number of halogens is 2. The summed E-state index contributed by atoms with van der Waals surface area (Å²) < 4.78 is 5.18. The summed E-state index contributed by atoms with van der Waals surface area (Å²) in [5.74, 6) is -0.516. The highest BCUT2D eigenvalue weighted by molar-refractivity contribution is 6.38. The summed E-state index contributed by atoms with van der Waals surface area (Å²) in [5, 5.41) is 3.89. The average molecular weight is 362 g/mol. The maximum Gasteiger partial charge on any atom is 0.349 e. The summed E-state index contributed by atoms with van der Waals surface area (Å²) >= 11 is 12.0. The van der Waals surface area contributed by atoms with Crippen LogP contribution in [-0.4, -0.2) is 5.91 Å². The van der Waals surface area contributed by atoms with E-state index in [1.807, 2.05) is 37.3 Å². The summed E-state index contributed by atoms with van der Waals surface area (Å²) in [5.41, 5.74) is 0.300. The van der Waals surface area contributed by atoms with Crippen LogP contribution in [0.3, 0.4) is 0 Å². The Morgan fingerprint density at radius 3 is 2.54 bits per heavy atom. The van der Waals surface area contributed by atoms with Gasteiger partial charge in [-0.05, 0) is 30.7 Å². The highest BCUT2D eigenvalue weighted by Gasteiger charge is 2.17. The number of carbonyl (C=O) groups is 1. The fourth-order valence-corrected chi connectivity index (χ4v) is 2.96. The van der Waals surface area contributed by atoms with Gasteiger partial charge in [0, 0.05) is 10.4 Å². The van der Waals surface area contributed by atoms with E-state index in [0.29, 0.717) is 10.4 Å². The van der Waals surface area contributed by atoms with E-state index in [-0.39, 0.29) is 22.2 Å². The first kappa shape index (κ1) is 16.6. The predicted molar refractivity (Wildman–Crippen MR) is 94.8 cm³/mol. The Balaban J connectivity index is 1.95. The van der Waals surface area contributed by atoms with Gasteiger partial charge < -0.3 is 9.73 Å². The molecule has 2 aromatic carbocycles. The van der Waals surface area contributed by atoms with E-state index in [4.69, 9.17) is 27.6 Å². The van der Waals surface area contributed by atoms with Gasteiger partial charge in [-0.25, -0.2) is 4.79 Å². The molecule has 1 atom stereocenters. The molecule has 1 N–H and O–H groups in total. The summed E-state index contributed by atoms with van der Waals surface area (Å²) in [7, 11) is 0. The second-order valence-electron chi connectivity index (χ2n) is 5.36. The van der Waals surface area contributed by atoms with E-state index in [9.17, 15) is 9.59 Å². The second kappa shape index (κ2) is 6.67. The average Bonchev–Trinajstić information content (AvgIpc) is 2.55. The van der Waals surface area contributed by atoms with Gasteiger partial charge in [-0.1, -0.05) is 53.5 Å². The third kappa shape index (κ3) is 3.30. The first-order valence-corrected chi connectivity index (χ1v) is 8.00. The molecule has 0 aliphatic rings. The van der Waals surface area contributed by atoms with Gasteiger partial charge in [0.15, 0.2) is 5.58 Å². The Hall–Kier alpha value is -2.30. The normalized spacial score (nSPS) is 12.1. The topological polar surface area (TPSA) is 59.3 Å². The van der Waals surface area contributed by atoms with Gasteiger partial charge in [0.25, 0.3) is 5.91 Å². The molecule has 0 fully saturated rings. The van der Waals surface area contributed by atoms with E-state index in [0.717, 1.165) is 5.56 Å². The molecule has 122 valence electrons. The quantitative estimate of drug-likeness (QED) is 0.694. The first-order chi connectivity index (χ1) is 11.5. The third-order valence-electron chi connectivity index (χ3n) is 3.64. The fourth-order valence-electron chi connectivity index (χ4n) is 2.41. The summed E-state index contributed by atoms with van der Waals surface area (Å²) in [6.45, 7) is 1.84. The maximum atomic E-state index is 12.4. The van der Waals surface area contributed by atoms with Gasteiger partial charge in [-0.2, -0.15) is 0 Å². The van der Waals surface area contributed by atoms with Crippen LogP contribution >= 0.6 is 23.2 Å². The fraction of sp³-hybridized carbons (Fsp3) is 0.111. The van der Waals surface area contributed by atoms with Crippen LogP contribution in [0.4, 0.5) is 0 Å². The van der Waals surface area contributed by atoms with Crippen molar-refractivity contribution in [1.29, 1.82) is 0 Å². The van der Waals surface area contributed by atoms with Crippen LogP contribution in [0.1, 0.15) is 28.9 Å². The standard InChI is InChI=1S/C18H13Cl2NO3/c1-10(11-5-3-2-4-6-11)21-17(22)14-8-12-7-13(19)9-15(20)16(12)24-18(14)23/h2-10H,1H3,(H,21,22). The van der Waals surface area contributed by atoms with Crippen molar-refractivity contribution in [2.24, 2.45) is 0 Å². The molecule has 0 saturated carbocycles. The van der Waals surface area contributed by atoms with E-state index in [2.05, 4.69) is 5.32 Å². The van der Waals surface area contributed by atoms with Crippen LogP contribution < -0.4 is 10.9 Å². The highest BCUT2D eigenvalue weighted by atomic mass is 35.5. The lowest BCUT2D eigenvalue weighted by Crippen LogP contribution is -2.30. The molecule has 1 aromatic heterocycles. The monoisotopic (exact) mass is 361 g/mol. The Morgan fingerprint density at radius 2 is 1.83 bits per heavy atom. The van der Waals surface area contributed by atoms with Crippen molar-refractivity contribution in [1.82, 2.24) is 5.32 Å². The smallest absolute Gasteiger partial charge is 0.349 e. The van der Waals surface area contributed by atoms with Gasteiger partial charge in [0.2, 0.25) is 0 Å². The largest absolute Gasteiger partial charge is 0.421 e. The molecule has 24 heavy (non-hydrogen) atoms. The van der Waals surface area contributed by atoms with E-state index >= 15 is 0 Å². The summed E-state index contributed by atoms with van der Waals surface area (Å²) in [6, 6.07) is 13.7. The molecule has 6 heteroatoms. The molecule has 0 radical (unpaired) electrons. The van der Waals surface area contributed by atoms with Gasteiger partial charge >= 0.3 is 5.63 Å². The maximum absolute atomic E-state index is 12.4. The number of benzene rings is 2. The Labute approximate surface area is 148 Å². The minimum Gasteiger partial charge on any atom is -0.421 e. The predicted octanol–water partition coefficient (Wildman–Crippen LogP) is 4.59. The number of rotatable bonds is 3. The zero-order valence-electron chi connectivity index (χ0n) is 12.7. The van der Waals surface area contributed by atoms with Crippen LogP contribution in [0.5, 0.6) is 0 Å². The lowest BCUT2D eigenvalue weighted by atomic mass is 10.1. The highest BCUT2D eigenvalue weighted by Crippen LogP contribution is 2.27. The first-order valence-electron chi connectivity index (χ1n) is 7.24. The number of fused-ring (bicyclic) bond motifs is 1. The van der Waals surface area contributed by atoms with Gasteiger partial charge in [0.05, 0.1) is 11.1 Å². The van der Waals surface area contributed by atoms with Gasteiger partial charge in [-0.15, -0.1) is 0 Å². The summed E-state index contributed by atoms with van der Waals surface area (Å²) in [6.07, 6.45) is 0. The number of amides is 1. The van der Waals surface area contributed by atoms with Crippen LogP contribution in [0.15, 0.2) is 57.7 Å². The molecular weight excluding hydrogens is 349 g/mol. The molecule has 3 aromatic rings. The molecule has 4 nitrogen and oxygen atoms in total. The molecule has 0 saturated heterocycles. The molecule has 0 bridgehead atoms. The van der Waals surface area contributed by atoms with Crippen LogP contribution in [0.2, 0.25) is 10.0 Å². The lowest BCUT2D eigenvalue weighted by Gasteiger charge is -2.14. The van der Waals surface area contributed by atoms with Crippen LogP contribution in [-0.2, 0) is 0 Å². The zero-order chi connectivity index (χ0) is 17.3. The molecule has 1 unspecified atom stereocenters. The third-order valence-corrected chi connectivity index (χ3v) is 4.14. The van der Waals surface area contributed by atoms with Crippen molar-refractivity contribution < 1.29 is 9.21 Å². The molecule has 0 spiro atoms. The Bertz CT molecular complexity index is 967. The van der Waals surface area contributed by atoms with Crippen molar-refractivity contribution in [3.8, 4) is 0 Å². The van der Waals surface area contributed by atoms with Crippen LogP contribution in [0, 0.1) is 0 Å². The summed E-state index contributed by atoms with van der Waals surface area (Å²) in [4.78, 5) is 24.5. The lowest BCUT2D eigenvalue weighted by molar-refractivity contribution is 0.0936. The molecule has 1 amide bonds. The molecule has 3 rings (SSSR count). The van der Waals surface area contributed by atoms with Crippen LogP contribution in [0.25, 0.3) is 11.0 Å². The number of carbonyl (C=O) groups excluding carboxylic acids is 1. The number of hydrogen-bond acceptors (Lipinski definition) is 3. The Morgan fingerprint density at radius 1 is 1.12 bits per heavy atom.